The van der Waals surface area contributed by atoms with E-state index in [-0.39, 0.29) is 6.04 Å². The van der Waals surface area contributed by atoms with Gasteiger partial charge in [-0.1, -0.05) is 0 Å². The number of thiazole rings is 1. The van der Waals surface area contributed by atoms with Gasteiger partial charge in [0.15, 0.2) is 11.4 Å². The van der Waals surface area contributed by atoms with E-state index >= 15 is 0 Å². The van der Waals surface area contributed by atoms with Crippen molar-refractivity contribution in [2.24, 2.45) is 0 Å². The van der Waals surface area contributed by atoms with E-state index in [4.69, 9.17) is 9.47 Å². The molecule has 1 aromatic rings. The van der Waals surface area contributed by atoms with Gasteiger partial charge < -0.3 is 14.4 Å². The number of methoxy groups -OCH3 is 1. The van der Waals surface area contributed by atoms with Crippen LogP contribution in [0.15, 0.2) is 5.38 Å². The molecular formula is C10H14N2O3S. The van der Waals surface area contributed by atoms with Crippen molar-refractivity contribution in [2.45, 2.75) is 6.04 Å². The normalized spacial score (nSPS) is 21.1. The smallest absolute Gasteiger partial charge is 0.186 e. The van der Waals surface area contributed by atoms with E-state index in [1.807, 2.05) is 0 Å². The Morgan fingerprint density at radius 2 is 2.69 bits per heavy atom. The van der Waals surface area contributed by atoms with Crippen LogP contribution in [0.3, 0.4) is 0 Å². The summed E-state index contributed by atoms with van der Waals surface area (Å²) in [7, 11) is 1.67. The van der Waals surface area contributed by atoms with Crippen molar-refractivity contribution in [1.29, 1.82) is 0 Å². The highest BCUT2D eigenvalue weighted by atomic mass is 32.1. The molecule has 2 rings (SSSR count). The van der Waals surface area contributed by atoms with Gasteiger partial charge in [0.1, 0.15) is 5.69 Å². The molecule has 2 heterocycles. The molecule has 0 amide bonds. The standard InChI is InChI=1S/C10H14N2O3S/c1-14-5-9-6-15-3-2-12(9)10-11-8(4-13)7-16-10/h4,7,9H,2-3,5-6H2,1H3/t9-/m0/s1. The van der Waals surface area contributed by atoms with Crippen LogP contribution in [0.2, 0.25) is 0 Å². The predicted octanol–water partition coefficient (Wildman–Crippen LogP) is 0.807. The van der Waals surface area contributed by atoms with Crippen LogP contribution in [0.4, 0.5) is 5.13 Å². The second-order valence-electron chi connectivity index (χ2n) is 3.55. The Hall–Kier alpha value is -0.980. The first-order valence-electron chi connectivity index (χ1n) is 5.09. The molecule has 1 saturated heterocycles. The Kier molecular flexibility index (Phi) is 3.87. The van der Waals surface area contributed by atoms with Gasteiger partial charge in [-0.2, -0.15) is 0 Å². The molecule has 0 spiro atoms. The monoisotopic (exact) mass is 242 g/mol. The van der Waals surface area contributed by atoms with Gasteiger partial charge in [0.25, 0.3) is 0 Å². The molecule has 1 aliphatic rings. The molecule has 0 aliphatic carbocycles. The minimum Gasteiger partial charge on any atom is -0.382 e. The fraction of sp³-hybridized carbons (Fsp3) is 0.600. The Balaban J connectivity index is 2.12. The first-order chi connectivity index (χ1) is 7.85. The maximum Gasteiger partial charge on any atom is 0.186 e. The van der Waals surface area contributed by atoms with Crippen molar-refractivity contribution >= 4 is 22.8 Å². The van der Waals surface area contributed by atoms with E-state index in [1.54, 1.807) is 12.5 Å². The molecule has 1 fully saturated rings. The number of aromatic nitrogens is 1. The fourth-order valence-electron chi connectivity index (χ4n) is 1.70. The van der Waals surface area contributed by atoms with Gasteiger partial charge >= 0.3 is 0 Å². The topological polar surface area (TPSA) is 51.7 Å². The number of aldehydes is 1. The van der Waals surface area contributed by atoms with Crippen LogP contribution in [-0.4, -0.2) is 50.8 Å². The zero-order valence-electron chi connectivity index (χ0n) is 9.09. The number of nitrogens with zero attached hydrogens (tertiary/aromatic N) is 2. The second-order valence-corrected chi connectivity index (χ2v) is 4.39. The summed E-state index contributed by atoms with van der Waals surface area (Å²) in [4.78, 5) is 17.0. The minimum atomic E-state index is 0.185. The first kappa shape index (κ1) is 11.5. The fourth-order valence-corrected chi connectivity index (χ4v) is 2.57. The lowest BCUT2D eigenvalue weighted by molar-refractivity contribution is 0.0601. The highest BCUT2D eigenvalue weighted by Gasteiger charge is 2.25. The van der Waals surface area contributed by atoms with Crippen molar-refractivity contribution < 1.29 is 14.3 Å². The second kappa shape index (κ2) is 5.38. The summed E-state index contributed by atoms with van der Waals surface area (Å²) in [6, 6.07) is 0.185. The molecule has 0 radical (unpaired) electrons. The molecule has 6 heteroatoms. The Labute approximate surface area is 98.0 Å². The highest BCUT2D eigenvalue weighted by Crippen LogP contribution is 2.23. The summed E-state index contributed by atoms with van der Waals surface area (Å²) in [5.74, 6) is 0. The summed E-state index contributed by atoms with van der Waals surface area (Å²) < 4.78 is 10.6. The molecule has 0 bridgehead atoms. The molecule has 5 nitrogen and oxygen atoms in total. The number of rotatable bonds is 4. The van der Waals surface area contributed by atoms with E-state index in [9.17, 15) is 4.79 Å². The Morgan fingerprint density at radius 1 is 1.81 bits per heavy atom. The molecule has 1 aliphatic heterocycles. The van der Waals surface area contributed by atoms with E-state index in [2.05, 4.69) is 9.88 Å². The lowest BCUT2D eigenvalue weighted by Gasteiger charge is -2.34. The van der Waals surface area contributed by atoms with E-state index in [0.29, 0.717) is 25.5 Å². The molecular weight excluding hydrogens is 228 g/mol. The zero-order chi connectivity index (χ0) is 11.4. The van der Waals surface area contributed by atoms with E-state index < -0.39 is 0 Å². The maximum absolute atomic E-state index is 10.6. The molecule has 0 N–H and O–H groups in total. The number of carbonyl (C=O) groups excluding carboxylic acids is 1. The van der Waals surface area contributed by atoms with Gasteiger partial charge in [0.2, 0.25) is 0 Å². The van der Waals surface area contributed by atoms with Crippen LogP contribution in [0.1, 0.15) is 10.5 Å². The first-order valence-corrected chi connectivity index (χ1v) is 5.97. The van der Waals surface area contributed by atoms with Crippen molar-refractivity contribution in [3.63, 3.8) is 0 Å². The van der Waals surface area contributed by atoms with Gasteiger partial charge in [-0.25, -0.2) is 4.98 Å². The SMILES string of the molecule is COC[C@H]1COCCN1c1nc(C=O)cs1. The van der Waals surface area contributed by atoms with Crippen LogP contribution in [0, 0.1) is 0 Å². The van der Waals surface area contributed by atoms with Crippen molar-refractivity contribution in [1.82, 2.24) is 4.98 Å². The minimum absolute atomic E-state index is 0.185. The van der Waals surface area contributed by atoms with Crippen molar-refractivity contribution in [3.05, 3.63) is 11.1 Å². The van der Waals surface area contributed by atoms with Crippen LogP contribution in [0.5, 0.6) is 0 Å². The Morgan fingerprint density at radius 3 is 3.38 bits per heavy atom. The summed E-state index contributed by atoms with van der Waals surface area (Å²) in [5.41, 5.74) is 0.489. The molecule has 0 aromatic carbocycles. The lowest BCUT2D eigenvalue weighted by Crippen LogP contribution is -2.48. The largest absolute Gasteiger partial charge is 0.382 e. The quantitative estimate of drug-likeness (QED) is 0.731. The van der Waals surface area contributed by atoms with Crippen LogP contribution in [-0.2, 0) is 9.47 Å². The van der Waals surface area contributed by atoms with E-state index in [0.717, 1.165) is 18.0 Å². The third kappa shape index (κ3) is 2.40. The average Bonchev–Trinajstić information content (AvgIpc) is 2.79. The molecule has 1 atom stereocenters. The number of morpholine rings is 1. The van der Waals surface area contributed by atoms with Gasteiger partial charge in [0, 0.05) is 19.0 Å². The molecule has 16 heavy (non-hydrogen) atoms. The summed E-state index contributed by atoms with van der Waals surface area (Å²) in [5, 5.41) is 2.63. The number of hydrogen-bond donors (Lipinski definition) is 0. The van der Waals surface area contributed by atoms with Crippen LogP contribution in [0.25, 0.3) is 0 Å². The van der Waals surface area contributed by atoms with Crippen molar-refractivity contribution in [2.75, 3.05) is 38.4 Å². The number of ether oxygens (including phenoxy) is 2. The predicted molar refractivity (Wildman–Crippen MR) is 61.3 cm³/mol. The third-order valence-corrected chi connectivity index (χ3v) is 3.36. The third-order valence-electron chi connectivity index (χ3n) is 2.46. The highest BCUT2D eigenvalue weighted by molar-refractivity contribution is 7.13. The maximum atomic E-state index is 10.6. The van der Waals surface area contributed by atoms with Gasteiger partial charge in [-0.15, -0.1) is 11.3 Å². The lowest BCUT2D eigenvalue weighted by atomic mass is 10.2. The van der Waals surface area contributed by atoms with Crippen LogP contribution >= 0.6 is 11.3 Å². The summed E-state index contributed by atoms with van der Waals surface area (Å²) >= 11 is 1.48. The molecule has 0 unspecified atom stereocenters. The summed E-state index contributed by atoms with van der Waals surface area (Å²) in [6.45, 7) is 2.73. The average molecular weight is 242 g/mol. The Bertz CT molecular complexity index is 354. The van der Waals surface area contributed by atoms with Crippen molar-refractivity contribution in [3.8, 4) is 0 Å². The van der Waals surface area contributed by atoms with Gasteiger partial charge in [0.05, 0.1) is 25.9 Å². The number of carbonyl (C=O) groups is 1. The molecule has 1 aromatic heterocycles. The van der Waals surface area contributed by atoms with Gasteiger partial charge in [-0.3, -0.25) is 4.79 Å². The van der Waals surface area contributed by atoms with E-state index in [1.165, 1.54) is 11.3 Å². The van der Waals surface area contributed by atoms with Crippen LogP contribution < -0.4 is 4.90 Å². The summed E-state index contributed by atoms with van der Waals surface area (Å²) in [6.07, 6.45) is 0.770. The van der Waals surface area contributed by atoms with Gasteiger partial charge in [-0.05, 0) is 0 Å². The molecule has 0 saturated carbocycles. The number of hydrogen-bond acceptors (Lipinski definition) is 6. The molecule has 88 valence electrons. The zero-order valence-corrected chi connectivity index (χ0v) is 9.90. The number of anilines is 1.